The van der Waals surface area contributed by atoms with Crippen molar-refractivity contribution < 1.29 is 28.3 Å². The van der Waals surface area contributed by atoms with Crippen LogP contribution in [0.15, 0.2) is 52.4 Å². The molecule has 1 unspecified atom stereocenters. The van der Waals surface area contributed by atoms with Gasteiger partial charge in [-0.05, 0) is 39.8 Å². The summed E-state index contributed by atoms with van der Waals surface area (Å²) in [5, 5.41) is 15.4. The zero-order valence-electron chi connectivity index (χ0n) is 16.7. The number of nitrogens with zero attached hydrogens (tertiary/aromatic N) is 3. The van der Waals surface area contributed by atoms with Gasteiger partial charge in [0.05, 0.1) is 29.4 Å². The van der Waals surface area contributed by atoms with Crippen LogP contribution in [0.1, 0.15) is 18.4 Å². The smallest absolute Gasteiger partial charge is 0.358 e. The van der Waals surface area contributed by atoms with Crippen LogP contribution in [0, 0.1) is 17.2 Å². The first kappa shape index (κ1) is 24.3. The lowest BCUT2D eigenvalue weighted by Crippen LogP contribution is -2.31. The van der Waals surface area contributed by atoms with Crippen LogP contribution >= 0.6 is 27.7 Å². The fourth-order valence-corrected chi connectivity index (χ4v) is 4.58. The predicted octanol–water partition coefficient (Wildman–Crippen LogP) is 3.88. The summed E-state index contributed by atoms with van der Waals surface area (Å²) in [7, 11) is 0. The highest BCUT2D eigenvalue weighted by molar-refractivity contribution is 9.10. The largest absolute Gasteiger partial charge is 0.481 e. The van der Waals surface area contributed by atoms with Gasteiger partial charge in [0.2, 0.25) is 11.7 Å². The normalized spacial score (nSPS) is 12.3. The molecule has 170 valence electrons. The third-order valence-electron chi connectivity index (χ3n) is 4.72. The maximum absolute atomic E-state index is 14.8. The Hall–Kier alpha value is -3.30. The minimum atomic E-state index is -4.03. The van der Waals surface area contributed by atoms with E-state index in [2.05, 4.69) is 27.0 Å². The van der Waals surface area contributed by atoms with Crippen molar-refractivity contribution in [2.45, 2.75) is 23.3 Å². The molecule has 1 heterocycles. The molecule has 3 rings (SSSR count). The van der Waals surface area contributed by atoms with E-state index in [0.29, 0.717) is 26.6 Å². The van der Waals surface area contributed by atoms with E-state index in [4.69, 9.17) is 10.8 Å². The fraction of sp³-hybridized carbons (Fsp3) is 0.190. The summed E-state index contributed by atoms with van der Waals surface area (Å²) in [6, 6.07) is 12.1. The summed E-state index contributed by atoms with van der Waals surface area (Å²) in [4.78, 5) is 38.4. The number of thioether (sulfide) groups is 1. The minimum Gasteiger partial charge on any atom is -0.481 e. The number of primary amides is 1. The van der Waals surface area contributed by atoms with Gasteiger partial charge >= 0.3 is 11.2 Å². The van der Waals surface area contributed by atoms with Gasteiger partial charge in [-0.3, -0.25) is 19.0 Å². The summed E-state index contributed by atoms with van der Waals surface area (Å²) in [6.07, 6.45) is -0.526. The number of amides is 1. The van der Waals surface area contributed by atoms with E-state index in [1.54, 1.807) is 36.4 Å². The van der Waals surface area contributed by atoms with Crippen LogP contribution in [0.25, 0.3) is 16.5 Å². The van der Waals surface area contributed by atoms with E-state index in [1.807, 2.05) is 0 Å². The highest BCUT2D eigenvalue weighted by atomic mass is 79.9. The first-order valence-electron chi connectivity index (χ1n) is 9.32. The Balaban J connectivity index is 1.97. The second-order valence-corrected chi connectivity index (χ2v) is 8.83. The number of aromatic nitrogens is 2. The number of benzene rings is 2. The number of alkyl halides is 2. The number of halogens is 3. The Labute approximate surface area is 198 Å². The maximum Gasteiger partial charge on any atom is 0.358 e. The maximum atomic E-state index is 14.8. The molecule has 0 saturated carbocycles. The van der Waals surface area contributed by atoms with Gasteiger partial charge in [-0.25, -0.2) is 4.98 Å². The molecule has 0 aliphatic carbocycles. The Bertz CT molecular complexity index is 1310. The SMILES string of the molecule is N#Cc1ccc(-n2c(Br)cnc2SC(F)(F)C(=O)CC(CC(N)=O)C(=O)O)c2ccccc12. The average molecular weight is 537 g/mol. The quantitative estimate of drug-likeness (QED) is 0.395. The minimum absolute atomic E-state index is 0.148. The molecular formula is C21H15BrF2N4O4S. The van der Waals surface area contributed by atoms with Gasteiger partial charge < -0.3 is 10.8 Å². The van der Waals surface area contributed by atoms with Crippen LogP contribution in [0.3, 0.4) is 0 Å². The van der Waals surface area contributed by atoms with Crippen molar-refractivity contribution in [3.8, 4) is 11.8 Å². The highest BCUT2D eigenvalue weighted by Gasteiger charge is 2.43. The van der Waals surface area contributed by atoms with Crippen molar-refractivity contribution in [1.82, 2.24) is 9.55 Å². The second kappa shape index (κ2) is 9.68. The van der Waals surface area contributed by atoms with Crippen molar-refractivity contribution in [2.75, 3.05) is 0 Å². The van der Waals surface area contributed by atoms with E-state index in [0.717, 1.165) is 0 Å². The molecule has 0 saturated heterocycles. The zero-order valence-corrected chi connectivity index (χ0v) is 19.1. The highest BCUT2D eigenvalue weighted by Crippen LogP contribution is 2.41. The Morgan fingerprint density at radius 3 is 2.48 bits per heavy atom. The number of aliphatic carboxylic acids is 1. The lowest BCUT2D eigenvalue weighted by molar-refractivity contribution is -0.147. The van der Waals surface area contributed by atoms with Gasteiger partial charge in [0.15, 0.2) is 5.16 Å². The first-order chi connectivity index (χ1) is 15.5. The van der Waals surface area contributed by atoms with Crippen molar-refractivity contribution >= 4 is 56.1 Å². The number of hydrogen-bond acceptors (Lipinski definition) is 6. The number of fused-ring (bicyclic) bond motifs is 1. The van der Waals surface area contributed by atoms with Gasteiger partial charge in [-0.2, -0.15) is 14.0 Å². The Morgan fingerprint density at radius 1 is 1.21 bits per heavy atom. The third-order valence-corrected chi connectivity index (χ3v) is 6.24. The van der Waals surface area contributed by atoms with E-state index in [1.165, 1.54) is 10.8 Å². The second-order valence-electron chi connectivity index (χ2n) is 6.94. The van der Waals surface area contributed by atoms with Crippen LogP contribution in [-0.2, 0) is 14.4 Å². The van der Waals surface area contributed by atoms with Gasteiger partial charge in [0, 0.05) is 23.6 Å². The molecule has 2 aromatic carbocycles. The number of imidazole rings is 1. The molecule has 0 bridgehead atoms. The lowest BCUT2D eigenvalue weighted by Gasteiger charge is -2.18. The molecule has 8 nitrogen and oxygen atoms in total. The average Bonchev–Trinajstić information content (AvgIpc) is 3.11. The molecule has 1 aromatic heterocycles. The molecule has 12 heteroatoms. The van der Waals surface area contributed by atoms with E-state index in [9.17, 15) is 28.4 Å². The van der Waals surface area contributed by atoms with Gasteiger partial charge in [0.25, 0.3) is 0 Å². The number of nitrogens with two attached hydrogens (primary N) is 1. The van der Waals surface area contributed by atoms with Crippen molar-refractivity contribution in [2.24, 2.45) is 11.7 Å². The number of rotatable bonds is 9. The fourth-order valence-electron chi connectivity index (χ4n) is 3.18. The number of ketones is 1. The van der Waals surface area contributed by atoms with Crippen molar-refractivity contribution in [3.63, 3.8) is 0 Å². The molecule has 0 fully saturated rings. The molecular weight excluding hydrogens is 522 g/mol. The van der Waals surface area contributed by atoms with E-state index < -0.39 is 41.7 Å². The third kappa shape index (κ3) is 5.20. The molecule has 33 heavy (non-hydrogen) atoms. The standard InChI is InChI=1S/C21H15BrF2N4O4S/c22-17-10-27-20(33-21(23,24)16(29)7-12(19(31)32)8-18(26)30)28(17)15-6-5-11(9-25)13-3-1-2-4-14(13)15/h1-6,10,12H,7-8H2,(H2,26,30)(H,31,32). The van der Waals surface area contributed by atoms with E-state index in [-0.39, 0.29) is 16.9 Å². The zero-order chi connectivity index (χ0) is 24.3. The Morgan fingerprint density at radius 2 is 1.88 bits per heavy atom. The predicted molar refractivity (Wildman–Crippen MR) is 119 cm³/mol. The molecule has 0 aliphatic rings. The molecule has 0 aliphatic heterocycles. The topological polar surface area (TPSA) is 139 Å². The van der Waals surface area contributed by atoms with Crippen molar-refractivity contribution in [3.05, 3.63) is 52.8 Å². The molecule has 3 N–H and O–H groups in total. The molecule has 1 amide bonds. The van der Waals surface area contributed by atoms with Crippen molar-refractivity contribution in [1.29, 1.82) is 5.26 Å². The number of carboxylic acids is 1. The summed E-state index contributed by atoms with van der Waals surface area (Å²) >= 11 is 3.12. The number of hydrogen-bond donors (Lipinski definition) is 2. The molecule has 3 aromatic rings. The monoisotopic (exact) mass is 536 g/mol. The lowest BCUT2D eigenvalue weighted by atomic mass is 9.98. The Kier molecular flexibility index (Phi) is 7.14. The number of carbonyl (C=O) groups excluding carboxylic acids is 2. The molecule has 0 radical (unpaired) electrons. The van der Waals surface area contributed by atoms with Crippen LogP contribution < -0.4 is 5.73 Å². The van der Waals surface area contributed by atoms with Crippen LogP contribution in [-0.4, -0.2) is 37.6 Å². The van der Waals surface area contributed by atoms with E-state index >= 15 is 0 Å². The summed E-state index contributed by atoms with van der Waals surface area (Å²) in [5.41, 5.74) is 5.79. The summed E-state index contributed by atoms with van der Waals surface area (Å²) in [6.45, 7) is 0. The number of Topliss-reactive ketones (excluding diaryl/α,β-unsaturated/α-hetero) is 1. The van der Waals surface area contributed by atoms with Gasteiger partial charge in [0.1, 0.15) is 4.60 Å². The van der Waals surface area contributed by atoms with Gasteiger partial charge in [-0.1, -0.05) is 24.3 Å². The summed E-state index contributed by atoms with van der Waals surface area (Å²) in [5.74, 6) is -5.92. The molecule has 0 spiro atoms. The summed E-state index contributed by atoms with van der Waals surface area (Å²) < 4.78 is 31.3. The number of nitriles is 1. The number of carbonyl (C=O) groups is 3. The number of carboxylic acid groups (broad SMARTS) is 1. The molecule has 1 atom stereocenters. The van der Waals surface area contributed by atoms with Crippen LogP contribution in [0.5, 0.6) is 0 Å². The first-order valence-corrected chi connectivity index (χ1v) is 10.9. The van der Waals surface area contributed by atoms with Crippen LogP contribution in [0.2, 0.25) is 0 Å². The van der Waals surface area contributed by atoms with Gasteiger partial charge in [-0.15, -0.1) is 0 Å². The van der Waals surface area contributed by atoms with Crippen LogP contribution in [0.4, 0.5) is 8.78 Å².